The molecule has 0 spiro atoms. The predicted molar refractivity (Wildman–Crippen MR) is 61.9 cm³/mol. The van der Waals surface area contributed by atoms with Crippen LogP contribution in [0.25, 0.3) is 0 Å². The quantitative estimate of drug-likeness (QED) is 0.588. The first-order valence-corrected chi connectivity index (χ1v) is 4.84. The zero-order chi connectivity index (χ0) is 13.4. The van der Waals surface area contributed by atoms with Crippen molar-refractivity contribution in [2.45, 2.75) is 26.7 Å². The summed E-state index contributed by atoms with van der Waals surface area (Å²) in [5, 5.41) is 7.00. The van der Waals surface area contributed by atoms with Crippen LogP contribution in [0, 0.1) is 0 Å². The van der Waals surface area contributed by atoms with E-state index in [9.17, 15) is 9.59 Å². The van der Waals surface area contributed by atoms with E-state index in [-0.39, 0.29) is 11.9 Å². The van der Waals surface area contributed by atoms with Gasteiger partial charge in [0.25, 0.3) is 0 Å². The maximum Gasteiger partial charge on any atom is 0.330 e. The molecule has 0 radical (unpaired) electrons. The van der Waals surface area contributed by atoms with Crippen LogP contribution in [0.5, 0.6) is 0 Å². The Kier molecular flexibility index (Phi) is 24.2. The van der Waals surface area contributed by atoms with Gasteiger partial charge in [-0.25, -0.2) is 4.79 Å². The van der Waals surface area contributed by atoms with Crippen molar-refractivity contribution < 1.29 is 24.2 Å². The average Bonchev–Trinajstić information content (AvgIpc) is 2.33. The zero-order valence-corrected chi connectivity index (χ0v) is 10.6. The highest BCUT2D eigenvalue weighted by atomic mass is 16.5. The number of allylic oxidation sites excluding steroid dienone is 1. The fraction of sp³-hybridized carbons (Fsp3) is 0.636. The number of rotatable bonds is 3. The molecule has 0 atom stereocenters. The van der Waals surface area contributed by atoms with Crippen LogP contribution in [-0.4, -0.2) is 38.4 Å². The molecule has 1 N–H and O–H groups in total. The molecule has 0 aliphatic heterocycles. The number of carbonyl (C=O) groups is 2. The third kappa shape index (κ3) is 22.9. The lowest BCUT2D eigenvalue weighted by Crippen LogP contribution is -1.97. The Morgan fingerprint density at radius 2 is 1.69 bits per heavy atom. The first-order valence-electron chi connectivity index (χ1n) is 4.84. The molecule has 0 aliphatic rings. The van der Waals surface area contributed by atoms with Gasteiger partial charge >= 0.3 is 11.9 Å². The molecule has 0 saturated carbocycles. The van der Waals surface area contributed by atoms with Gasteiger partial charge < -0.3 is 14.6 Å². The summed E-state index contributed by atoms with van der Waals surface area (Å²) in [5.74, 6) is -0.426. The third-order valence-corrected chi connectivity index (χ3v) is 1.19. The van der Waals surface area contributed by atoms with Crippen molar-refractivity contribution in [2.75, 3.05) is 21.3 Å². The molecule has 0 aromatic rings. The molecule has 0 aliphatic carbocycles. The van der Waals surface area contributed by atoms with Gasteiger partial charge in [0, 0.05) is 19.6 Å². The molecule has 5 heteroatoms. The summed E-state index contributed by atoms with van der Waals surface area (Å²) >= 11 is 0. The summed E-state index contributed by atoms with van der Waals surface area (Å²) in [6.45, 7) is 3.70. The standard InChI is InChI=1S/C5H10O2.C5H8O2.CH4O/c2*1-3-4-5(6)7-2;1-2/h3-4H2,1-2H3;3-4H,1-2H3;2H,1H3/b;4-3+;. The highest BCUT2D eigenvalue weighted by Crippen LogP contribution is 1.86. The largest absolute Gasteiger partial charge is 0.469 e. The molecule has 0 unspecified atom stereocenters. The monoisotopic (exact) mass is 234 g/mol. The van der Waals surface area contributed by atoms with Gasteiger partial charge in [-0.15, -0.1) is 0 Å². The maximum atomic E-state index is 10.2. The lowest BCUT2D eigenvalue weighted by Gasteiger charge is -1.91. The van der Waals surface area contributed by atoms with E-state index in [1.54, 1.807) is 13.0 Å². The number of carbonyl (C=O) groups excluding carboxylic acids is 2. The van der Waals surface area contributed by atoms with Crippen molar-refractivity contribution in [1.29, 1.82) is 0 Å². The van der Waals surface area contributed by atoms with Crippen LogP contribution in [0.2, 0.25) is 0 Å². The summed E-state index contributed by atoms with van der Waals surface area (Å²) in [7, 11) is 3.75. The summed E-state index contributed by atoms with van der Waals surface area (Å²) in [6.07, 6.45) is 4.40. The summed E-state index contributed by atoms with van der Waals surface area (Å²) < 4.78 is 8.62. The smallest absolute Gasteiger partial charge is 0.330 e. The van der Waals surface area contributed by atoms with Gasteiger partial charge in [-0.05, 0) is 13.3 Å². The highest BCUT2D eigenvalue weighted by Gasteiger charge is 1.92. The molecule has 5 nitrogen and oxygen atoms in total. The van der Waals surface area contributed by atoms with Gasteiger partial charge in [-0.1, -0.05) is 13.0 Å². The van der Waals surface area contributed by atoms with Crippen LogP contribution in [0.4, 0.5) is 0 Å². The fourth-order valence-corrected chi connectivity index (χ4v) is 0.510. The molecule has 0 amide bonds. The van der Waals surface area contributed by atoms with Crippen LogP contribution in [-0.2, 0) is 19.1 Å². The Morgan fingerprint density at radius 3 is 1.81 bits per heavy atom. The fourth-order valence-electron chi connectivity index (χ4n) is 0.510. The van der Waals surface area contributed by atoms with E-state index in [1.807, 2.05) is 6.92 Å². The SMILES string of the molecule is C/C=C/C(=O)OC.CCCC(=O)OC.CO. The van der Waals surface area contributed by atoms with Crippen molar-refractivity contribution in [1.82, 2.24) is 0 Å². The van der Waals surface area contributed by atoms with E-state index in [4.69, 9.17) is 5.11 Å². The molecular weight excluding hydrogens is 212 g/mol. The minimum absolute atomic E-state index is 0.123. The van der Waals surface area contributed by atoms with Crippen LogP contribution in [0.3, 0.4) is 0 Å². The molecule has 0 bridgehead atoms. The number of esters is 2. The zero-order valence-electron chi connectivity index (χ0n) is 10.6. The van der Waals surface area contributed by atoms with E-state index in [1.165, 1.54) is 20.3 Å². The second-order valence-corrected chi connectivity index (χ2v) is 2.35. The van der Waals surface area contributed by atoms with Gasteiger partial charge in [0.05, 0.1) is 14.2 Å². The Morgan fingerprint density at radius 1 is 1.19 bits per heavy atom. The lowest BCUT2D eigenvalue weighted by atomic mass is 10.3. The number of hydrogen-bond acceptors (Lipinski definition) is 5. The third-order valence-electron chi connectivity index (χ3n) is 1.19. The van der Waals surface area contributed by atoms with Gasteiger partial charge in [-0.3, -0.25) is 4.79 Å². The van der Waals surface area contributed by atoms with E-state index >= 15 is 0 Å². The number of aliphatic hydroxyl groups excluding tert-OH is 1. The average molecular weight is 234 g/mol. The normalized spacial score (nSPS) is 8.12. The molecule has 0 aromatic carbocycles. The van der Waals surface area contributed by atoms with E-state index in [0.717, 1.165) is 13.5 Å². The van der Waals surface area contributed by atoms with Crippen molar-refractivity contribution in [2.24, 2.45) is 0 Å². The highest BCUT2D eigenvalue weighted by molar-refractivity contribution is 5.81. The van der Waals surface area contributed by atoms with E-state index in [0.29, 0.717) is 6.42 Å². The van der Waals surface area contributed by atoms with Crippen molar-refractivity contribution >= 4 is 11.9 Å². The van der Waals surface area contributed by atoms with Crippen LogP contribution in [0.15, 0.2) is 12.2 Å². The van der Waals surface area contributed by atoms with E-state index in [2.05, 4.69) is 9.47 Å². The Balaban J connectivity index is -0.000000183. The molecule has 0 aromatic heterocycles. The Bertz CT molecular complexity index is 187. The van der Waals surface area contributed by atoms with Crippen molar-refractivity contribution in [3.8, 4) is 0 Å². The van der Waals surface area contributed by atoms with Crippen LogP contribution >= 0.6 is 0 Å². The lowest BCUT2D eigenvalue weighted by molar-refractivity contribution is -0.140. The summed E-state index contributed by atoms with van der Waals surface area (Å²) in [4.78, 5) is 20.3. The molecule has 16 heavy (non-hydrogen) atoms. The maximum absolute atomic E-state index is 10.2. The van der Waals surface area contributed by atoms with Gasteiger partial charge in [0.1, 0.15) is 0 Å². The number of methoxy groups -OCH3 is 2. The first kappa shape index (κ1) is 20.1. The van der Waals surface area contributed by atoms with Gasteiger partial charge in [0.15, 0.2) is 0 Å². The number of aliphatic hydroxyl groups is 1. The Hall–Kier alpha value is -1.36. The van der Waals surface area contributed by atoms with Crippen LogP contribution < -0.4 is 0 Å². The molecular formula is C11H22O5. The summed E-state index contributed by atoms with van der Waals surface area (Å²) in [6, 6.07) is 0. The summed E-state index contributed by atoms with van der Waals surface area (Å²) in [5.41, 5.74) is 0. The number of ether oxygens (including phenoxy) is 2. The molecule has 0 rings (SSSR count). The molecule has 0 heterocycles. The topological polar surface area (TPSA) is 72.8 Å². The van der Waals surface area contributed by atoms with Crippen molar-refractivity contribution in [3.63, 3.8) is 0 Å². The van der Waals surface area contributed by atoms with Gasteiger partial charge in [-0.2, -0.15) is 0 Å². The predicted octanol–water partition coefficient (Wildman–Crippen LogP) is 1.30. The van der Waals surface area contributed by atoms with Gasteiger partial charge in [0.2, 0.25) is 0 Å². The second-order valence-electron chi connectivity index (χ2n) is 2.35. The molecule has 0 saturated heterocycles. The minimum Gasteiger partial charge on any atom is -0.469 e. The molecule has 0 fully saturated rings. The first-order chi connectivity index (χ1) is 7.62. The van der Waals surface area contributed by atoms with Crippen molar-refractivity contribution in [3.05, 3.63) is 12.2 Å². The Labute approximate surface area is 97.1 Å². The molecule has 96 valence electrons. The minimum atomic E-state index is -0.303. The van der Waals surface area contributed by atoms with Crippen LogP contribution in [0.1, 0.15) is 26.7 Å². The van der Waals surface area contributed by atoms with E-state index < -0.39 is 0 Å². The second kappa shape index (κ2) is 19.2. The number of hydrogen-bond donors (Lipinski definition) is 1.